The van der Waals surface area contributed by atoms with Crippen LogP contribution in [0.3, 0.4) is 0 Å². The number of aliphatic hydroxyl groups is 2. The highest BCUT2D eigenvalue weighted by atomic mass is 79.9. The van der Waals surface area contributed by atoms with E-state index in [-0.39, 0.29) is 21.7 Å². The van der Waals surface area contributed by atoms with Crippen molar-refractivity contribution in [1.82, 2.24) is 24.8 Å². The zero-order valence-corrected chi connectivity index (χ0v) is 15.0. The van der Waals surface area contributed by atoms with Gasteiger partial charge in [-0.3, -0.25) is 9.36 Å². The molecular formula is C13H14BrF3N6O4. The van der Waals surface area contributed by atoms with E-state index in [0.717, 1.165) is 0 Å². The normalized spacial score (nSPS) is 25.9. The highest BCUT2D eigenvalue weighted by Crippen LogP contribution is 2.36. The van der Waals surface area contributed by atoms with E-state index in [9.17, 15) is 28.2 Å². The number of alkyl halides is 3. The topological polar surface area (TPSA) is 148 Å². The Bertz CT molecular complexity index is 862. The minimum atomic E-state index is -4.56. The van der Waals surface area contributed by atoms with E-state index in [0.29, 0.717) is 0 Å². The zero-order chi connectivity index (χ0) is 19.9. The van der Waals surface area contributed by atoms with Gasteiger partial charge in [-0.25, -0.2) is 15.0 Å². The van der Waals surface area contributed by atoms with Crippen LogP contribution < -0.4 is 11.1 Å². The van der Waals surface area contributed by atoms with Crippen LogP contribution in [0.5, 0.6) is 0 Å². The second-order valence-electron chi connectivity index (χ2n) is 5.82. The molecule has 0 aliphatic carbocycles. The van der Waals surface area contributed by atoms with Gasteiger partial charge in [0.2, 0.25) is 5.91 Å². The molecule has 2 aromatic rings. The van der Waals surface area contributed by atoms with E-state index in [1.807, 2.05) is 0 Å². The number of hydrogen-bond acceptors (Lipinski definition) is 8. The van der Waals surface area contributed by atoms with Crippen LogP contribution in [-0.4, -0.2) is 66.7 Å². The Hall–Kier alpha value is -2.03. The van der Waals surface area contributed by atoms with Gasteiger partial charge in [-0.1, -0.05) is 0 Å². The van der Waals surface area contributed by atoms with Gasteiger partial charge in [-0.2, -0.15) is 13.2 Å². The van der Waals surface area contributed by atoms with Gasteiger partial charge >= 0.3 is 6.18 Å². The van der Waals surface area contributed by atoms with Crippen LogP contribution in [0, 0.1) is 0 Å². The van der Waals surface area contributed by atoms with Crippen LogP contribution in [0.2, 0.25) is 0 Å². The number of hydrogen-bond donors (Lipinski definition) is 4. The van der Waals surface area contributed by atoms with Gasteiger partial charge in [0.15, 0.2) is 27.9 Å². The SMILES string of the molecule is Nc1ncnc2c1nc(Br)n2[C@@H]1O[C@H](CC(=O)NCC(F)(F)F)[C@@H](O)[C@H]1O. The van der Waals surface area contributed by atoms with Gasteiger partial charge in [-0.15, -0.1) is 0 Å². The highest BCUT2D eigenvalue weighted by molar-refractivity contribution is 9.10. The van der Waals surface area contributed by atoms with Gasteiger partial charge in [0, 0.05) is 0 Å². The maximum atomic E-state index is 12.2. The summed E-state index contributed by atoms with van der Waals surface area (Å²) in [6, 6.07) is 0. The fraction of sp³-hybridized carbons (Fsp3) is 0.538. The van der Waals surface area contributed by atoms with Gasteiger partial charge in [-0.05, 0) is 15.9 Å². The van der Waals surface area contributed by atoms with Gasteiger partial charge < -0.3 is 26.0 Å². The number of halogens is 4. The second-order valence-corrected chi connectivity index (χ2v) is 6.53. The standard InChI is InChI=1S/C13H14BrF3N6O4/c14-12-22-6-9(18)20-3-21-10(6)23(12)11-8(26)7(25)4(27-11)1-5(24)19-2-13(15,16)17/h3-4,7-8,11,25-26H,1-2H2,(H,19,24)(H2,18,20,21)/t4-,7-,8-,11-/m1/s1. The number of carbonyl (C=O) groups excluding carboxylic acids is 1. The lowest BCUT2D eigenvalue weighted by molar-refractivity contribution is -0.141. The molecule has 0 saturated carbocycles. The molecule has 0 aromatic carbocycles. The van der Waals surface area contributed by atoms with Crippen molar-refractivity contribution in [2.75, 3.05) is 12.3 Å². The predicted molar refractivity (Wildman–Crippen MR) is 87.0 cm³/mol. The first kappa shape index (κ1) is 19.7. The van der Waals surface area contributed by atoms with Crippen molar-refractivity contribution in [2.45, 2.75) is 37.1 Å². The Kier molecular flexibility index (Phi) is 5.24. The summed E-state index contributed by atoms with van der Waals surface area (Å²) in [5, 5.41) is 22.1. The number of nitrogens with zero attached hydrogens (tertiary/aromatic N) is 4. The lowest BCUT2D eigenvalue weighted by atomic mass is 10.1. The van der Waals surface area contributed by atoms with Crippen LogP contribution in [0.25, 0.3) is 11.2 Å². The van der Waals surface area contributed by atoms with Crippen molar-refractivity contribution in [3.8, 4) is 0 Å². The molecule has 2 aromatic heterocycles. The first-order valence-corrected chi connectivity index (χ1v) is 8.36. The number of amides is 1. The Morgan fingerprint density at radius 1 is 1.37 bits per heavy atom. The molecule has 1 saturated heterocycles. The summed E-state index contributed by atoms with van der Waals surface area (Å²) >= 11 is 3.17. The fourth-order valence-electron chi connectivity index (χ4n) is 2.69. The average Bonchev–Trinajstić information content (AvgIpc) is 3.04. The van der Waals surface area contributed by atoms with Gasteiger partial charge in [0.1, 0.15) is 25.1 Å². The first-order chi connectivity index (χ1) is 12.6. The first-order valence-electron chi connectivity index (χ1n) is 7.57. The van der Waals surface area contributed by atoms with E-state index >= 15 is 0 Å². The van der Waals surface area contributed by atoms with E-state index < -0.39 is 49.6 Å². The van der Waals surface area contributed by atoms with Crippen LogP contribution in [-0.2, 0) is 9.53 Å². The minimum absolute atomic E-state index is 0.0792. The maximum Gasteiger partial charge on any atom is 0.405 e. The summed E-state index contributed by atoms with van der Waals surface area (Å²) in [6.07, 6.45) is -9.41. The molecule has 1 aliphatic heterocycles. The number of nitrogens with two attached hydrogens (primary N) is 1. The number of aliphatic hydroxyl groups excluding tert-OH is 2. The monoisotopic (exact) mass is 454 g/mol. The summed E-state index contributed by atoms with van der Waals surface area (Å²) in [5.41, 5.74) is 6.14. The molecule has 3 rings (SSSR count). The van der Waals surface area contributed by atoms with Crippen LogP contribution >= 0.6 is 15.9 Å². The van der Waals surface area contributed by atoms with E-state index in [2.05, 4.69) is 30.9 Å². The summed E-state index contributed by atoms with van der Waals surface area (Å²) in [4.78, 5) is 23.6. The minimum Gasteiger partial charge on any atom is -0.388 e. The molecule has 1 amide bonds. The van der Waals surface area contributed by atoms with E-state index in [1.54, 1.807) is 5.32 Å². The molecule has 0 spiro atoms. The maximum absolute atomic E-state index is 12.2. The molecule has 0 bridgehead atoms. The highest BCUT2D eigenvalue weighted by Gasteiger charge is 2.46. The Balaban J connectivity index is 1.79. The van der Waals surface area contributed by atoms with Gasteiger partial charge in [0.25, 0.3) is 0 Å². The third kappa shape index (κ3) is 3.97. The third-order valence-electron chi connectivity index (χ3n) is 3.93. The van der Waals surface area contributed by atoms with Crippen molar-refractivity contribution in [1.29, 1.82) is 0 Å². The van der Waals surface area contributed by atoms with Gasteiger partial charge in [0.05, 0.1) is 12.5 Å². The van der Waals surface area contributed by atoms with Crippen molar-refractivity contribution >= 4 is 38.8 Å². The molecule has 0 radical (unpaired) electrons. The summed E-state index contributed by atoms with van der Waals surface area (Å²) in [5.74, 6) is -0.902. The number of anilines is 1. The number of nitrogens with one attached hydrogen (secondary N) is 1. The molecule has 1 aliphatic rings. The summed E-state index contributed by atoms with van der Waals surface area (Å²) in [6.45, 7) is -1.51. The molecule has 10 nitrogen and oxygen atoms in total. The molecule has 0 unspecified atom stereocenters. The van der Waals surface area contributed by atoms with E-state index in [1.165, 1.54) is 10.9 Å². The molecule has 1 fully saturated rings. The van der Waals surface area contributed by atoms with Crippen molar-refractivity contribution in [2.24, 2.45) is 0 Å². The van der Waals surface area contributed by atoms with E-state index in [4.69, 9.17) is 10.5 Å². The fourth-order valence-corrected chi connectivity index (χ4v) is 3.24. The molecule has 14 heteroatoms. The third-order valence-corrected chi connectivity index (χ3v) is 4.49. The number of carbonyl (C=O) groups is 1. The number of ether oxygens (including phenoxy) is 1. The lowest BCUT2D eigenvalue weighted by Gasteiger charge is -2.17. The molecule has 27 heavy (non-hydrogen) atoms. The summed E-state index contributed by atoms with van der Waals surface area (Å²) in [7, 11) is 0. The zero-order valence-electron chi connectivity index (χ0n) is 13.4. The molecule has 3 heterocycles. The van der Waals surface area contributed by atoms with Crippen molar-refractivity contribution < 1.29 is 32.9 Å². The molecule has 148 valence electrons. The molecule has 5 N–H and O–H groups in total. The molecular weight excluding hydrogens is 441 g/mol. The summed E-state index contributed by atoms with van der Waals surface area (Å²) < 4.78 is 43.5. The number of rotatable bonds is 4. The molecule has 4 atom stereocenters. The second kappa shape index (κ2) is 7.18. The Morgan fingerprint density at radius 3 is 2.74 bits per heavy atom. The Labute approximate surface area is 157 Å². The average molecular weight is 455 g/mol. The van der Waals surface area contributed by atoms with Crippen molar-refractivity contribution in [3.63, 3.8) is 0 Å². The number of fused-ring (bicyclic) bond motifs is 1. The predicted octanol–water partition coefficient (Wildman–Crippen LogP) is -0.141. The number of nitrogen functional groups attached to an aromatic ring is 1. The quantitative estimate of drug-likeness (QED) is 0.466. The lowest BCUT2D eigenvalue weighted by Crippen LogP contribution is -2.38. The Morgan fingerprint density at radius 2 is 2.07 bits per heavy atom. The number of imidazole rings is 1. The van der Waals surface area contributed by atoms with Crippen LogP contribution in [0.1, 0.15) is 12.6 Å². The van der Waals surface area contributed by atoms with Crippen LogP contribution in [0.4, 0.5) is 19.0 Å². The van der Waals surface area contributed by atoms with Crippen molar-refractivity contribution in [3.05, 3.63) is 11.1 Å². The smallest absolute Gasteiger partial charge is 0.388 e. The number of aromatic nitrogens is 4. The van der Waals surface area contributed by atoms with Crippen LogP contribution in [0.15, 0.2) is 11.1 Å². The largest absolute Gasteiger partial charge is 0.405 e.